The van der Waals surface area contributed by atoms with E-state index in [0.29, 0.717) is 37.0 Å². The molecule has 1 aromatic carbocycles. The number of pyridine rings is 1. The molecule has 0 saturated heterocycles. The van der Waals surface area contributed by atoms with Gasteiger partial charge in [-0.15, -0.1) is 0 Å². The summed E-state index contributed by atoms with van der Waals surface area (Å²) in [7, 11) is 0. The Labute approximate surface area is 158 Å². The number of benzene rings is 1. The van der Waals surface area contributed by atoms with Gasteiger partial charge >= 0.3 is 0 Å². The lowest BCUT2D eigenvalue weighted by molar-refractivity contribution is -0.122. The number of nitrogens with zero attached hydrogens (tertiary/aromatic N) is 1. The van der Waals surface area contributed by atoms with Crippen LogP contribution in [0, 0.1) is 0 Å². The molecule has 0 aliphatic rings. The van der Waals surface area contributed by atoms with Crippen molar-refractivity contribution in [3.63, 3.8) is 0 Å². The molecule has 7 heteroatoms. The molecule has 0 radical (unpaired) electrons. The van der Waals surface area contributed by atoms with Gasteiger partial charge in [-0.3, -0.25) is 4.79 Å². The largest absolute Gasteiger partial charge is 0.490 e. The van der Waals surface area contributed by atoms with E-state index in [1.165, 1.54) is 0 Å². The molecule has 26 heavy (non-hydrogen) atoms. The van der Waals surface area contributed by atoms with Crippen molar-refractivity contribution in [1.29, 1.82) is 0 Å². The van der Waals surface area contributed by atoms with Gasteiger partial charge < -0.3 is 20.5 Å². The SMILES string of the molecule is CCOc1ccccc1Oc1ccc(CNC(=O)[C@@H](N)CCSC)cn1. The number of hydrogen-bond acceptors (Lipinski definition) is 6. The van der Waals surface area contributed by atoms with Gasteiger partial charge in [-0.2, -0.15) is 11.8 Å². The molecule has 6 nitrogen and oxygen atoms in total. The van der Waals surface area contributed by atoms with Crippen LogP contribution in [-0.2, 0) is 11.3 Å². The normalized spacial score (nSPS) is 11.7. The highest BCUT2D eigenvalue weighted by molar-refractivity contribution is 7.98. The van der Waals surface area contributed by atoms with Crippen LogP contribution in [0.3, 0.4) is 0 Å². The summed E-state index contributed by atoms with van der Waals surface area (Å²) >= 11 is 1.68. The molecule has 0 fully saturated rings. The molecule has 0 bridgehead atoms. The molecule has 140 valence electrons. The van der Waals surface area contributed by atoms with E-state index in [-0.39, 0.29) is 5.91 Å². The molecule has 1 atom stereocenters. The highest BCUT2D eigenvalue weighted by Gasteiger charge is 2.12. The molecule has 3 N–H and O–H groups in total. The maximum absolute atomic E-state index is 11.9. The number of nitrogens with two attached hydrogens (primary N) is 1. The molecular formula is C19H25N3O3S. The van der Waals surface area contributed by atoms with Gasteiger partial charge in [-0.05, 0) is 43.0 Å². The molecule has 0 spiro atoms. The topological polar surface area (TPSA) is 86.5 Å². The molecular weight excluding hydrogens is 350 g/mol. The third-order valence-electron chi connectivity index (χ3n) is 3.60. The average molecular weight is 375 g/mol. The van der Waals surface area contributed by atoms with Crippen molar-refractivity contribution >= 4 is 17.7 Å². The van der Waals surface area contributed by atoms with Crippen LogP contribution >= 0.6 is 11.8 Å². The Morgan fingerprint density at radius 2 is 2.04 bits per heavy atom. The first-order valence-electron chi connectivity index (χ1n) is 8.51. The second kappa shape index (κ2) is 10.7. The lowest BCUT2D eigenvalue weighted by Gasteiger charge is -2.12. The lowest BCUT2D eigenvalue weighted by atomic mass is 10.2. The van der Waals surface area contributed by atoms with Crippen LogP contribution < -0.4 is 20.5 Å². The van der Waals surface area contributed by atoms with E-state index in [2.05, 4.69) is 10.3 Å². The Morgan fingerprint density at radius 1 is 1.27 bits per heavy atom. The van der Waals surface area contributed by atoms with Crippen molar-refractivity contribution in [2.45, 2.75) is 25.9 Å². The Kier molecular flexibility index (Phi) is 8.24. The van der Waals surface area contributed by atoms with Crippen molar-refractivity contribution in [3.8, 4) is 17.4 Å². The number of hydrogen-bond donors (Lipinski definition) is 2. The summed E-state index contributed by atoms with van der Waals surface area (Å²) in [6, 6.07) is 10.6. The van der Waals surface area contributed by atoms with Gasteiger partial charge in [-0.25, -0.2) is 4.98 Å². The van der Waals surface area contributed by atoms with Crippen molar-refractivity contribution < 1.29 is 14.3 Å². The number of carbonyl (C=O) groups excluding carboxylic acids is 1. The van der Waals surface area contributed by atoms with E-state index >= 15 is 0 Å². The summed E-state index contributed by atoms with van der Waals surface area (Å²) in [5.74, 6) is 2.47. The van der Waals surface area contributed by atoms with Gasteiger partial charge in [0.25, 0.3) is 0 Å². The number of nitrogens with one attached hydrogen (secondary N) is 1. The maximum Gasteiger partial charge on any atom is 0.237 e. The van der Waals surface area contributed by atoms with E-state index in [9.17, 15) is 4.79 Å². The summed E-state index contributed by atoms with van der Waals surface area (Å²) in [5, 5.41) is 2.83. The van der Waals surface area contributed by atoms with Gasteiger partial charge in [0, 0.05) is 18.8 Å². The van der Waals surface area contributed by atoms with Crippen LogP contribution in [0.15, 0.2) is 42.6 Å². The molecule has 0 unspecified atom stereocenters. The minimum absolute atomic E-state index is 0.148. The fourth-order valence-electron chi connectivity index (χ4n) is 2.19. The lowest BCUT2D eigenvalue weighted by Crippen LogP contribution is -2.40. The molecule has 0 saturated carbocycles. The van der Waals surface area contributed by atoms with Crippen molar-refractivity contribution in [2.24, 2.45) is 5.73 Å². The van der Waals surface area contributed by atoms with Gasteiger partial charge in [0.15, 0.2) is 11.5 Å². The van der Waals surface area contributed by atoms with Crippen LogP contribution in [0.25, 0.3) is 0 Å². The van der Waals surface area contributed by atoms with Crippen molar-refractivity contribution in [3.05, 3.63) is 48.2 Å². The van der Waals surface area contributed by atoms with Crippen LogP contribution in [0.4, 0.5) is 0 Å². The predicted octanol–water partition coefficient (Wildman–Crippen LogP) is 2.97. The van der Waals surface area contributed by atoms with Gasteiger partial charge in [0.05, 0.1) is 12.6 Å². The van der Waals surface area contributed by atoms with Gasteiger partial charge in [0.2, 0.25) is 11.8 Å². The number of carbonyl (C=O) groups is 1. The quantitative estimate of drug-likeness (QED) is 0.664. The number of thioether (sulfide) groups is 1. The molecule has 2 aromatic rings. The highest BCUT2D eigenvalue weighted by atomic mass is 32.2. The molecule has 1 aromatic heterocycles. The van der Waals surface area contributed by atoms with Crippen LogP contribution in [-0.4, -0.2) is 35.5 Å². The van der Waals surface area contributed by atoms with Crippen LogP contribution in [0.5, 0.6) is 17.4 Å². The molecule has 1 amide bonds. The third kappa shape index (κ3) is 6.24. The average Bonchev–Trinajstić information content (AvgIpc) is 2.67. The van der Waals surface area contributed by atoms with E-state index in [4.69, 9.17) is 15.2 Å². The molecule has 1 heterocycles. The number of para-hydroxylation sites is 2. The number of amides is 1. The fraction of sp³-hybridized carbons (Fsp3) is 0.368. The first-order chi connectivity index (χ1) is 12.6. The number of aromatic nitrogens is 1. The summed E-state index contributed by atoms with van der Waals surface area (Å²) in [6.45, 7) is 2.87. The first kappa shape index (κ1) is 20.1. The Balaban J connectivity index is 1.89. The molecule has 0 aliphatic heterocycles. The van der Waals surface area contributed by atoms with Gasteiger partial charge in [-0.1, -0.05) is 18.2 Å². The third-order valence-corrected chi connectivity index (χ3v) is 4.24. The predicted molar refractivity (Wildman–Crippen MR) is 105 cm³/mol. The molecule has 0 aliphatic carbocycles. The highest BCUT2D eigenvalue weighted by Crippen LogP contribution is 2.30. The zero-order valence-corrected chi connectivity index (χ0v) is 15.9. The van der Waals surface area contributed by atoms with E-state index in [1.807, 2.05) is 43.5 Å². The van der Waals surface area contributed by atoms with E-state index in [0.717, 1.165) is 11.3 Å². The van der Waals surface area contributed by atoms with Crippen LogP contribution in [0.1, 0.15) is 18.9 Å². The molecule has 2 rings (SSSR count). The second-order valence-corrected chi connectivity index (χ2v) is 6.58. The zero-order chi connectivity index (χ0) is 18.8. The van der Waals surface area contributed by atoms with Crippen LogP contribution in [0.2, 0.25) is 0 Å². The maximum atomic E-state index is 11.9. The van der Waals surface area contributed by atoms with E-state index in [1.54, 1.807) is 24.0 Å². The summed E-state index contributed by atoms with van der Waals surface area (Å²) < 4.78 is 11.3. The standard InChI is InChI=1S/C19H25N3O3S/c1-3-24-16-6-4-5-7-17(16)25-18-9-8-14(12-21-18)13-22-19(23)15(20)10-11-26-2/h4-9,12,15H,3,10-11,13,20H2,1-2H3,(H,22,23)/t15-/m0/s1. The fourth-order valence-corrected chi connectivity index (χ4v) is 2.68. The first-order valence-corrected chi connectivity index (χ1v) is 9.90. The second-order valence-electron chi connectivity index (χ2n) is 5.59. The van der Waals surface area contributed by atoms with Crippen molar-refractivity contribution in [2.75, 3.05) is 18.6 Å². The summed E-state index contributed by atoms with van der Waals surface area (Å²) in [4.78, 5) is 16.2. The minimum Gasteiger partial charge on any atom is -0.490 e. The summed E-state index contributed by atoms with van der Waals surface area (Å²) in [6.07, 6.45) is 4.33. The minimum atomic E-state index is -0.479. The van der Waals surface area contributed by atoms with Crippen molar-refractivity contribution in [1.82, 2.24) is 10.3 Å². The Bertz CT molecular complexity index is 695. The number of rotatable bonds is 10. The smallest absolute Gasteiger partial charge is 0.237 e. The monoisotopic (exact) mass is 375 g/mol. The zero-order valence-electron chi connectivity index (χ0n) is 15.1. The Hall–Kier alpha value is -2.25. The summed E-state index contributed by atoms with van der Waals surface area (Å²) in [5.41, 5.74) is 6.72. The number of ether oxygens (including phenoxy) is 2. The van der Waals surface area contributed by atoms with E-state index < -0.39 is 6.04 Å². The van der Waals surface area contributed by atoms with Gasteiger partial charge in [0.1, 0.15) is 0 Å². The Morgan fingerprint density at radius 3 is 2.69 bits per heavy atom.